The van der Waals surface area contributed by atoms with Crippen molar-refractivity contribution in [3.05, 3.63) is 0 Å². The van der Waals surface area contributed by atoms with Crippen molar-refractivity contribution in [3.63, 3.8) is 0 Å². The summed E-state index contributed by atoms with van der Waals surface area (Å²) in [7, 11) is 0. The van der Waals surface area contributed by atoms with E-state index in [2.05, 4.69) is 25.6 Å². The normalized spacial score (nSPS) is 14.1. The zero-order valence-corrected chi connectivity index (χ0v) is 8.39. The molecule has 0 aliphatic carbocycles. The fourth-order valence-corrected chi connectivity index (χ4v) is 1.23. The number of rotatable bonds is 3. The van der Waals surface area contributed by atoms with Gasteiger partial charge in [-0.05, 0) is 18.3 Å². The highest BCUT2D eigenvalue weighted by Crippen LogP contribution is 2.26. The van der Waals surface area contributed by atoms with Gasteiger partial charge in [-0.3, -0.25) is 4.79 Å². The molecule has 2 N–H and O–H groups in total. The first kappa shape index (κ1) is 11.4. The van der Waals surface area contributed by atoms with E-state index >= 15 is 0 Å². The lowest BCUT2D eigenvalue weighted by molar-refractivity contribution is -0.150. The fraction of sp³-hybridized carbons (Fsp3) is 0.889. The average Bonchev–Trinajstić information content (AvgIpc) is 1.97. The van der Waals surface area contributed by atoms with Crippen molar-refractivity contribution in [3.8, 4) is 0 Å². The lowest BCUT2D eigenvalue weighted by atomic mass is 9.83. The second-order valence-corrected chi connectivity index (χ2v) is 4.31. The van der Waals surface area contributed by atoms with Crippen LogP contribution in [-0.2, 0) is 9.63 Å². The summed E-state index contributed by atoms with van der Waals surface area (Å²) in [5.74, 6) is 4.46. The molecule has 0 aliphatic heterocycles. The Balaban J connectivity index is 4.09. The molecule has 0 rings (SSSR count). The van der Waals surface area contributed by atoms with Gasteiger partial charge in [0.1, 0.15) is 0 Å². The van der Waals surface area contributed by atoms with E-state index < -0.39 is 0 Å². The molecule has 0 radical (unpaired) electrons. The van der Waals surface area contributed by atoms with Crippen LogP contribution in [0.2, 0.25) is 0 Å². The Morgan fingerprint density at radius 1 is 1.50 bits per heavy atom. The second-order valence-electron chi connectivity index (χ2n) is 4.31. The molecular weight excluding hydrogens is 154 g/mol. The highest BCUT2D eigenvalue weighted by molar-refractivity contribution is 5.71. The summed E-state index contributed by atoms with van der Waals surface area (Å²) in [6.45, 7) is 8.26. The van der Waals surface area contributed by atoms with Gasteiger partial charge in [-0.2, -0.15) is 5.90 Å². The first-order valence-electron chi connectivity index (χ1n) is 4.31. The van der Waals surface area contributed by atoms with Crippen molar-refractivity contribution in [1.82, 2.24) is 0 Å². The summed E-state index contributed by atoms with van der Waals surface area (Å²) in [4.78, 5) is 15.3. The minimum absolute atomic E-state index is 0.0602. The fourth-order valence-electron chi connectivity index (χ4n) is 1.23. The van der Waals surface area contributed by atoms with E-state index in [4.69, 9.17) is 5.90 Å². The van der Waals surface area contributed by atoms with Crippen molar-refractivity contribution in [2.75, 3.05) is 0 Å². The third-order valence-corrected chi connectivity index (χ3v) is 1.80. The van der Waals surface area contributed by atoms with Crippen LogP contribution in [0.15, 0.2) is 0 Å². The molecule has 0 amide bonds. The lowest BCUT2D eigenvalue weighted by Crippen LogP contribution is -2.24. The molecule has 0 fully saturated rings. The first-order valence-corrected chi connectivity index (χ1v) is 4.31. The Kier molecular flexibility index (Phi) is 4.24. The SMILES string of the molecule is CCC(CC(C)(C)C)C(=O)ON. The van der Waals surface area contributed by atoms with Gasteiger partial charge < -0.3 is 4.84 Å². The van der Waals surface area contributed by atoms with Gasteiger partial charge in [0.2, 0.25) is 0 Å². The molecule has 0 saturated carbocycles. The first-order chi connectivity index (χ1) is 5.40. The van der Waals surface area contributed by atoms with Crippen molar-refractivity contribution in [1.29, 1.82) is 0 Å². The number of carbonyl (C=O) groups is 1. The van der Waals surface area contributed by atoms with Crippen molar-refractivity contribution < 1.29 is 9.63 Å². The molecule has 0 aromatic heterocycles. The topological polar surface area (TPSA) is 52.3 Å². The maximum Gasteiger partial charge on any atom is 0.327 e. The van der Waals surface area contributed by atoms with Gasteiger partial charge in [0.25, 0.3) is 0 Å². The van der Waals surface area contributed by atoms with Crippen LogP contribution < -0.4 is 5.90 Å². The predicted octanol–water partition coefficient (Wildman–Crippen LogP) is 1.87. The van der Waals surface area contributed by atoms with Crippen LogP contribution in [0.25, 0.3) is 0 Å². The van der Waals surface area contributed by atoms with Crippen LogP contribution in [-0.4, -0.2) is 5.97 Å². The summed E-state index contributed by atoms with van der Waals surface area (Å²) in [5.41, 5.74) is 0.148. The molecule has 0 spiro atoms. The molecule has 12 heavy (non-hydrogen) atoms. The molecule has 0 aromatic rings. The molecule has 1 unspecified atom stereocenters. The van der Waals surface area contributed by atoms with Crippen molar-refractivity contribution >= 4 is 5.97 Å². The van der Waals surface area contributed by atoms with Gasteiger partial charge in [0.05, 0.1) is 5.92 Å². The molecule has 3 heteroatoms. The van der Waals surface area contributed by atoms with Crippen LogP contribution >= 0.6 is 0 Å². The minimum atomic E-state index is -0.299. The second kappa shape index (κ2) is 4.45. The summed E-state index contributed by atoms with van der Waals surface area (Å²) in [6.07, 6.45) is 1.60. The summed E-state index contributed by atoms with van der Waals surface area (Å²) in [5, 5.41) is 0. The van der Waals surface area contributed by atoms with Crippen LogP contribution in [0.4, 0.5) is 0 Å². The van der Waals surface area contributed by atoms with Crippen LogP contribution in [0, 0.1) is 11.3 Å². The Morgan fingerprint density at radius 2 is 2.00 bits per heavy atom. The van der Waals surface area contributed by atoms with Gasteiger partial charge in [-0.1, -0.05) is 27.7 Å². The van der Waals surface area contributed by atoms with E-state index in [9.17, 15) is 4.79 Å². The molecule has 3 nitrogen and oxygen atoms in total. The quantitative estimate of drug-likeness (QED) is 0.663. The molecular formula is C9H19NO2. The number of carbonyl (C=O) groups excluding carboxylic acids is 1. The Hall–Kier alpha value is -0.570. The predicted molar refractivity (Wildman–Crippen MR) is 48.1 cm³/mol. The summed E-state index contributed by atoms with van der Waals surface area (Å²) >= 11 is 0. The number of hydrogen-bond donors (Lipinski definition) is 1. The van der Waals surface area contributed by atoms with Gasteiger partial charge in [-0.15, -0.1) is 0 Å². The van der Waals surface area contributed by atoms with E-state index in [0.29, 0.717) is 0 Å². The lowest BCUT2D eigenvalue weighted by Gasteiger charge is -2.22. The van der Waals surface area contributed by atoms with Gasteiger partial charge in [0, 0.05) is 0 Å². The zero-order valence-electron chi connectivity index (χ0n) is 8.39. The van der Waals surface area contributed by atoms with E-state index in [-0.39, 0.29) is 17.3 Å². The number of hydrogen-bond acceptors (Lipinski definition) is 3. The van der Waals surface area contributed by atoms with Gasteiger partial charge in [-0.25, -0.2) is 0 Å². The van der Waals surface area contributed by atoms with Crippen molar-refractivity contribution in [2.45, 2.75) is 40.5 Å². The zero-order chi connectivity index (χ0) is 9.78. The maximum atomic E-state index is 11.1. The molecule has 1 atom stereocenters. The summed E-state index contributed by atoms with van der Waals surface area (Å²) < 4.78 is 0. The molecule has 0 aromatic carbocycles. The monoisotopic (exact) mass is 173 g/mol. The molecule has 0 heterocycles. The van der Waals surface area contributed by atoms with Crippen molar-refractivity contribution in [2.24, 2.45) is 17.2 Å². The van der Waals surface area contributed by atoms with E-state index in [0.717, 1.165) is 12.8 Å². The smallest absolute Gasteiger partial charge is 0.327 e. The van der Waals surface area contributed by atoms with E-state index in [1.807, 2.05) is 6.92 Å². The van der Waals surface area contributed by atoms with E-state index in [1.165, 1.54) is 0 Å². The maximum absolute atomic E-state index is 11.1. The molecule has 0 bridgehead atoms. The summed E-state index contributed by atoms with van der Waals surface area (Å²) in [6, 6.07) is 0. The Labute approximate surface area is 74.2 Å². The highest BCUT2D eigenvalue weighted by Gasteiger charge is 2.24. The Morgan fingerprint density at radius 3 is 2.25 bits per heavy atom. The Bertz CT molecular complexity index is 149. The van der Waals surface area contributed by atoms with E-state index in [1.54, 1.807) is 0 Å². The largest absolute Gasteiger partial charge is 0.373 e. The van der Waals surface area contributed by atoms with Crippen LogP contribution in [0.1, 0.15) is 40.5 Å². The number of nitrogens with two attached hydrogens (primary N) is 1. The minimum Gasteiger partial charge on any atom is -0.373 e. The van der Waals surface area contributed by atoms with Gasteiger partial charge in [0.15, 0.2) is 0 Å². The van der Waals surface area contributed by atoms with Crippen LogP contribution in [0.5, 0.6) is 0 Å². The van der Waals surface area contributed by atoms with Gasteiger partial charge >= 0.3 is 5.97 Å². The average molecular weight is 173 g/mol. The third kappa shape index (κ3) is 4.34. The highest BCUT2D eigenvalue weighted by atomic mass is 16.7. The molecule has 0 saturated heterocycles. The van der Waals surface area contributed by atoms with Crippen LogP contribution in [0.3, 0.4) is 0 Å². The molecule has 72 valence electrons. The standard InChI is InChI=1S/C9H19NO2/c1-5-7(8(11)12-10)6-9(2,3)4/h7H,5-6,10H2,1-4H3. The third-order valence-electron chi connectivity index (χ3n) is 1.80. The molecule has 0 aliphatic rings.